The molecule has 0 spiro atoms. The van der Waals surface area contributed by atoms with Gasteiger partial charge in [-0.1, -0.05) is 40.5 Å². The van der Waals surface area contributed by atoms with E-state index in [2.05, 4.69) is 15.9 Å². The van der Waals surface area contributed by atoms with Gasteiger partial charge in [-0.15, -0.1) is 0 Å². The number of carbonyl (C=O) groups is 1. The maximum atomic E-state index is 12.2. The van der Waals surface area contributed by atoms with E-state index in [4.69, 9.17) is 0 Å². The number of halogens is 1. The highest BCUT2D eigenvalue weighted by Gasteiger charge is 2.50. The van der Waals surface area contributed by atoms with Crippen LogP contribution in [-0.4, -0.2) is 16.2 Å². The van der Waals surface area contributed by atoms with E-state index in [9.17, 15) is 14.9 Å². The lowest BCUT2D eigenvalue weighted by molar-refractivity contribution is -0.553. The third-order valence-electron chi connectivity index (χ3n) is 3.80. The second kappa shape index (κ2) is 5.82. The number of Topliss-reactive ketones (excluding diaryl/α,β-unsaturated/α-hetero) is 1. The molecular weight excluding hydrogens is 310 g/mol. The van der Waals surface area contributed by atoms with Crippen LogP contribution < -0.4 is 0 Å². The number of carbonyl (C=O) groups excluding carboxylic acids is 1. The summed E-state index contributed by atoms with van der Waals surface area (Å²) in [6, 6.07) is 7.40. The fourth-order valence-electron chi connectivity index (χ4n) is 2.65. The zero-order valence-electron chi connectivity index (χ0n) is 10.6. The van der Waals surface area contributed by atoms with Crippen LogP contribution >= 0.6 is 15.9 Å². The molecule has 0 aromatic heterocycles. The summed E-state index contributed by atoms with van der Waals surface area (Å²) >= 11 is 3.40. The Morgan fingerprint density at radius 2 is 2.00 bits per heavy atom. The van der Waals surface area contributed by atoms with E-state index in [-0.39, 0.29) is 17.1 Å². The van der Waals surface area contributed by atoms with Gasteiger partial charge < -0.3 is 0 Å². The van der Waals surface area contributed by atoms with Crippen LogP contribution in [0.3, 0.4) is 0 Å². The Kier molecular flexibility index (Phi) is 4.34. The monoisotopic (exact) mass is 325 g/mol. The van der Waals surface area contributed by atoms with E-state index in [1.807, 2.05) is 24.3 Å². The normalized spacial score (nSPS) is 23.9. The molecule has 1 aliphatic carbocycles. The molecule has 2 rings (SSSR count). The Labute approximate surface area is 120 Å². The van der Waals surface area contributed by atoms with Crippen molar-refractivity contribution in [3.8, 4) is 0 Å². The Bertz CT molecular complexity index is 503. The first-order valence-corrected chi connectivity index (χ1v) is 7.27. The summed E-state index contributed by atoms with van der Waals surface area (Å²) in [5.41, 5.74) is -0.602. The second-order valence-electron chi connectivity index (χ2n) is 5.04. The zero-order valence-corrected chi connectivity index (χ0v) is 12.2. The van der Waals surface area contributed by atoms with E-state index < -0.39 is 5.54 Å². The first kappa shape index (κ1) is 14.2. The summed E-state index contributed by atoms with van der Waals surface area (Å²) in [7, 11) is 0. The van der Waals surface area contributed by atoms with Crippen LogP contribution in [0.15, 0.2) is 28.7 Å². The Morgan fingerprint density at radius 3 is 2.68 bits per heavy atom. The zero-order chi connectivity index (χ0) is 13.9. The molecule has 0 radical (unpaired) electrons. The van der Waals surface area contributed by atoms with Crippen molar-refractivity contribution in [3.05, 3.63) is 44.4 Å². The van der Waals surface area contributed by atoms with E-state index >= 15 is 0 Å². The molecule has 1 atom stereocenters. The van der Waals surface area contributed by atoms with Crippen molar-refractivity contribution in [1.29, 1.82) is 0 Å². The third kappa shape index (κ3) is 2.86. The molecule has 0 amide bonds. The molecule has 5 heteroatoms. The summed E-state index contributed by atoms with van der Waals surface area (Å²) in [6.07, 6.45) is 3.27. The van der Waals surface area contributed by atoms with E-state index in [1.54, 1.807) is 0 Å². The maximum Gasteiger partial charge on any atom is 0.283 e. The lowest BCUT2D eigenvalue weighted by Crippen LogP contribution is -2.47. The number of benzene rings is 1. The Hall–Kier alpha value is -1.23. The first-order chi connectivity index (χ1) is 9.06. The van der Waals surface area contributed by atoms with Crippen LogP contribution in [0.4, 0.5) is 0 Å². The number of rotatable bonds is 3. The van der Waals surface area contributed by atoms with Crippen molar-refractivity contribution in [1.82, 2.24) is 0 Å². The summed E-state index contributed by atoms with van der Waals surface area (Å²) in [6.45, 7) is 0. The third-order valence-corrected chi connectivity index (χ3v) is 4.58. The van der Waals surface area contributed by atoms with Crippen LogP contribution in [-0.2, 0) is 11.2 Å². The minimum absolute atomic E-state index is 0.181. The van der Waals surface area contributed by atoms with E-state index in [1.165, 1.54) is 0 Å². The highest BCUT2D eigenvalue weighted by Crippen LogP contribution is 2.32. The van der Waals surface area contributed by atoms with Crippen molar-refractivity contribution >= 4 is 21.7 Å². The standard InChI is InChI=1S/C14H16BrNO3/c15-12-7-4-3-6-11(12)10-14(16(18)19)9-5-1-2-8-13(14)17/h3-4,6-7H,1-2,5,8-10H2. The SMILES string of the molecule is O=C1CCCCCC1(Cc1ccccc1Br)[N+](=O)[O-]. The number of ketones is 1. The molecule has 1 saturated carbocycles. The highest BCUT2D eigenvalue weighted by molar-refractivity contribution is 9.10. The number of nitrogens with zero attached hydrogens (tertiary/aromatic N) is 1. The lowest BCUT2D eigenvalue weighted by atomic mass is 9.83. The topological polar surface area (TPSA) is 60.2 Å². The summed E-state index contributed by atoms with van der Waals surface area (Å²) in [5, 5.41) is 11.5. The van der Waals surface area contributed by atoms with Gasteiger partial charge in [-0.3, -0.25) is 14.9 Å². The molecule has 0 aliphatic heterocycles. The van der Waals surface area contributed by atoms with Gasteiger partial charge in [-0.25, -0.2) is 0 Å². The van der Waals surface area contributed by atoms with E-state index in [0.29, 0.717) is 12.8 Å². The van der Waals surface area contributed by atoms with Crippen LogP contribution in [0.1, 0.15) is 37.7 Å². The van der Waals surface area contributed by atoms with Gasteiger partial charge >= 0.3 is 0 Å². The number of nitro groups is 1. The van der Waals surface area contributed by atoms with Gasteiger partial charge in [0.05, 0.1) is 6.42 Å². The summed E-state index contributed by atoms with van der Waals surface area (Å²) in [5.74, 6) is -0.217. The summed E-state index contributed by atoms with van der Waals surface area (Å²) in [4.78, 5) is 23.4. The second-order valence-corrected chi connectivity index (χ2v) is 5.90. The van der Waals surface area contributed by atoms with Gasteiger partial charge in [-0.05, 0) is 24.5 Å². The van der Waals surface area contributed by atoms with Crippen LogP contribution in [0.5, 0.6) is 0 Å². The highest BCUT2D eigenvalue weighted by atomic mass is 79.9. The van der Waals surface area contributed by atoms with Crippen molar-refractivity contribution in [2.45, 2.75) is 44.1 Å². The van der Waals surface area contributed by atoms with Gasteiger partial charge in [0.25, 0.3) is 5.54 Å². The van der Waals surface area contributed by atoms with Gasteiger partial charge in [0.2, 0.25) is 5.78 Å². The molecule has 4 nitrogen and oxygen atoms in total. The van der Waals surface area contributed by atoms with Crippen molar-refractivity contribution in [3.63, 3.8) is 0 Å². The summed E-state index contributed by atoms with van der Waals surface area (Å²) < 4.78 is 0.827. The number of hydrogen-bond donors (Lipinski definition) is 0. The van der Waals surface area contributed by atoms with Gasteiger partial charge in [-0.2, -0.15) is 0 Å². The molecule has 1 aromatic rings. The quantitative estimate of drug-likeness (QED) is 0.485. The smallest absolute Gasteiger partial charge is 0.283 e. The minimum atomic E-state index is -1.43. The average Bonchev–Trinajstić information content (AvgIpc) is 2.56. The molecule has 0 heterocycles. The molecule has 1 fully saturated rings. The molecule has 1 aromatic carbocycles. The largest absolute Gasteiger partial charge is 0.292 e. The van der Waals surface area contributed by atoms with Gasteiger partial charge in [0.1, 0.15) is 0 Å². The molecule has 0 saturated heterocycles. The molecule has 0 N–H and O–H groups in total. The first-order valence-electron chi connectivity index (χ1n) is 6.47. The fraction of sp³-hybridized carbons (Fsp3) is 0.500. The number of hydrogen-bond acceptors (Lipinski definition) is 3. The predicted octanol–water partition coefficient (Wildman–Crippen LogP) is 3.54. The minimum Gasteiger partial charge on any atom is -0.292 e. The molecular formula is C14H16BrNO3. The van der Waals surface area contributed by atoms with Crippen LogP contribution in [0, 0.1) is 10.1 Å². The average molecular weight is 326 g/mol. The van der Waals surface area contributed by atoms with E-state index in [0.717, 1.165) is 29.3 Å². The Morgan fingerprint density at radius 1 is 1.26 bits per heavy atom. The maximum absolute atomic E-state index is 12.2. The molecule has 0 bridgehead atoms. The van der Waals surface area contributed by atoms with Crippen LogP contribution in [0.25, 0.3) is 0 Å². The molecule has 19 heavy (non-hydrogen) atoms. The van der Waals surface area contributed by atoms with Gasteiger partial charge in [0.15, 0.2) is 0 Å². The predicted molar refractivity (Wildman–Crippen MR) is 75.7 cm³/mol. The fourth-order valence-corrected chi connectivity index (χ4v) is 3.08. The van der Waals surface area contributed by atoms with Crippen molar-refractivity contribution in [2.24, 2.45) is 0 Å². The molecule has 1 aliphatic rings. The van der Waals surface area contributed by atoms with Crippen LogP contribution in [0.2, 0.25) is 0 Å². The van der Waals surface area contributed by atoms with Crippen molar-refractivity contribution < 1.29 is 9.72 Å². The lowest BCUT2D eigenvalue weighted by Gasteiger charge is -2.23. The van der Waals surface area contributed by atoms with Crippen molar-refractivity contribution in [2.75, 3.05) is 0 Å². The molecule has 102 valence electrons. The Balaban J connectivity index is 2.37. The van der Waals surface area contributed by atoms with Gasteiger partial charge in [0, 0.05) is 22.2 Å². The molecule has 1 unspecified atom stereocenters.